The second-order valence-electron chi connectivity index (χ2n) is 5.14. The lowest BCUT2D eigenvalue weighted by molar-refractivity contribution is 0.152. The predicted octanol–water partition coefficient (Wildman–Crippen LogP) is 4.65. The van der Waals surface area contributed by atoms with Gasteiger partial charge in [-0.2, -0.15) is 0 Å². The molecule has 0 fully saturated rings. The average molecular weight is 365 g/mol. The van der Waals surface area contributed by atoms with Crippen molar-refractivity contribution in [1.82, 2.24) is 5.32 Å². The van der Waals surface area contributed by atoms with Crippen LogP contribution in [0, 0.1) is 0 Å². The Labute approximate surface area is 151 Å². The van der Waals surface area contributed by atoms with Crippen molar-refractivity contribution in [3.8, 4) is 0 Å². The van der Waals surface area contributed by atoms with Gasteiger partial charge in [0.2, 0.25) is 0 Å². The third-order valence-corrected chi connectivity index (χ3v) is 3.95. The average Bonchev–Trinajstić information content (AvgIpc) is 2.59. The van der Waals surface area contributed by atoms with Crippen molar-refractivity contribution in [1.29, 1.82) is 0 Å². The van der Waals surface area contributed by atoms with E-state index in [2.05, 4.69) is 11.9 Å². The highest BCUT2D eigenvalue weighted by atomic mass is 35.5. The van der Waals surface area contributed by atoms with E-state index < -0.39 is 18.2 Å². The minimum atomic E-state index is -0.570. The molecule has 0 aliphatic heterocycles. The van der Waals surface area contributed by atoms with Gasteiger partial charge < -0.3 is 15.8 Å². The van der Waals surface area contributed by atoms with E-state index in [0.717, 1.165) is 11.1 Å². The van der Waals surface area contributed by atoms with Crippen LogP contribution in [0.4, 0.5) is 4.79 Å². The van der Waals surface area contributed by atoms with E-state index in [-0.39, 0.29) is 6.61 Å². The summed E-state index contributed by atoms with van der Waals surface area (Å²) in [5.74, 6) is 0. The molecule has 2 aromatic carbocycles. The van der Waals surface area contributed by atoms with Crippen molar-refractivity contribution in [2.24, 2.45) is 5.73 Å². The number of benzene rings is 2. The largest absolute Gasteiger partial charge is 0.445 e. The molecular formula is C18H18Cl2N2O2. The number of alkyl carbamates (subject to hydrolysis) is 1. The Hall–Kier alpha value is -2.01. The van der Waals surface area contributed by atoms with E-state index in [4.69, 9.17) is 33.7 Å². The van der Waals surface area contributed by atoms with Crippen LogP contribution in [0.5, 0.6) is 0 Å². The molecular weight excluding hydrogens is 347 g/mol. The highest BCUT2D eigenvalue weighted by molar-refractivity contribution is 6.30. The quantitative estimate of drug-likeness (QED) is 0.733. The van der Waals surface area contributed by atoms with Crippen LogP contribution in [-0.4, -0.2) is 12.7 Å². The van der Waals surface area contributed by atoms with Crippen LogP contribution < -0.4 is 11.1 Å². The van der Waals surface area contributed by atoms with Crippen LogP contribution in [-0.2, 0) is 4.74 Å². The Bertz CT molecular complexity index is 687. The van der Waals surface area contributed by atoms with Crippen LogP contribution in [0.1, 0.15) is 23.2 Å². The molecule has 0 heterocycles. The van der Waals surface area contributed by atoms with E-state index in [1.807, 2.05) is 24.3 Å². The molecule has 0 aliphatic rings. The Morgan fingerprint density at radius 2 is 1.58 bits per heavy atom. The lowest BCUT2D eigenvalue weighted by Crippen LogP contribution is -2.36. The third-order valence-electron chi connectivity index (χ3n) is 3.45. The molecule has 0 saturated carbocycles. The van der Waals surface area contributed by atoms with Crippen molar-refractivity contribution >= 4 is 29.3 Å². The Balaban J connectivity index is 2.27. The molecule has 3 N–H and O–H groups in total. The van der Waals surface area contributed by atoms with Crippen LogP contribution in [0.15, 0.2) is 61.2 Å². The Morgan fingerprint density at radius 3 is 2.08 bits per heavy atom. The number of nitrogens with one attached hydrogen (secondary N) is 1. The molecule has 0 aliphatic carbocycles. The number of ether oxygens (including phenoxy) is 1. The fraction of sp³-hybridized carbons (Fsp3) is 0.167. The summed E-state index contributed by atoms with van der Waals surface area (Å²) in [6.07, 6.45) is 0.926. The molecule has 2 rings (SSSR count). The minimum absolute atomic E-state index is 0.120. The molecule has 24 heavy (non-hydrogen) atoms. The topological polar surface area (TPSA) is 64.3 Å². The number of nitrogens with two attached hydrogens (primary N) is 1. The van der Waals surface area contributed by atoms with E-state index in [0.29, 0.717) is 10.0 Å². The summed E-state index contributed by atoms with van der Waals surface area (Å²) in [7, 11) is 0. The summed E-state index contributed by atoms with van der Waals surface area (Å²) >= 11 is 11.9. The second kappa shape index (κ2) is 8.73. The molecule has 2 atom stereocenters. The third kappa shape index (κ3) is 4.99. The van der Waals surface area contributed by atoms with Gasteiger partial charge in [0, 0.05) is 10.0 Å². The summed E-state index contributed by atoms with van der Waals surface area (Å²) in [6.45, 7) is 3.63. The molecule has 0 bridgehead atoms. The predicted molar refractivity (Wildman–Crippen MR) is 97.3 cm³/mol. The van der Waals surface area contributed by atoms with Gasteiger partial charge >= 0.3 is 6.09 Å². The zero-order chi connectivity index (χ0) is 17.5. The van der Waals surface area contributed by atoms with E-state index in [1.54, 1.807) is 24.3 Å². The summed E-state index contributed by atoms with van der Waals surface area (Å²) in [6, 6.07) is 13.3. The van der Waals surface area contributed by atoms with Crippen molar-refractivity contribution in [2.45, 2.75) is 12.1 Å². The number of rotatable bonds is 6. The van der Waals surface area contributed by atoms with E-state index in [1.165, 1.54) is 6.08 Å². The molecule has 1 amide bonds. The molecule has 126 valence electrons. The first kappa shape index (κ1) is 18.3. The number of hydrogen-bond acceptors (Lipinski definition) is 3. The van der Waals surface area contributed by atoms with Gasteiger partial charge in [-0.05, 0) is 35.4 Å². The number of halogens is 2. The fourth-order valence-corrected chi connectivity index (χ4v) is 2.48. The van der Waals surface area contributed by atoms with Crippen LogP contribution in [0.25, 0.3) is 0 Å². The maximum absolute atomic E-state index is 12.0. The lowest BCUT2D eigenvalue weighted by Gasteiger charge is -2.25. The zero-order valence-corrected chi connectivity index (χ0v) is 14.4. The first-order valence-electron chi connectivity index (χ1n) is 7.32. The summed E-state index contributed by atoms with van der Waals surface area (Å²) in [5, 5.41) is 4.01. The van der Waals surface area contributed by atoms with Gasteiger partial charge in [-0.15, -0.1) is 0 Å². The molecule has 2 aromatic rings. The fourth-order valence-electron chi connectivity index (χ4n) is 2.23. The minimum Gasteiger partial charge on any atom is -0.445 e. The van der Waals surface area contributed by atoms with Crippen molar-refractivity contribution in [3.63, 3.8) is 0 Å². The Kier molecular flexibility index (Phi) is 6.67. The van der Waals surface area contributed by atoms with Gasteiger partial charge in [0.1, 0.15) is 6.61 Å². The monoisotopic (exact) mass is 364 g/mol. The maximum atomic E-state index is 12.0. The zero-order valence-electron chi connectivity index (χ0n) is 12.9. The summed E-state index contributed by atoms with van der Waals surface area (Å²) in [4.78, 5) is 12.0. The highest BCUT2D eigenvalue weighted by Gasteiger charge is 2.24. The molecule has 4 nitrogen and oxygen atoms in total. The van der Waals surface area contributed by atoms with Crippen LogP contribution in [0.2, 0.25) is 10.0 Å². The number of hydrogen-bond donors (Lipinski definition) is 2. The smallest absolute Gasteiger partial charge is 0.407 e. The summed E-state index contributed by atoms with van der Waals surface area (Å²) < 4.78 is 5.00. The molecule has 0 spiro atoms. The molecule has 6 heteroatoms. The number of carbonyl (C=O) groups is 1. The Morgan fingerprint density at radius 1 is 1.08 bits per heavy atom. The second-order valence-corrected chi connectivity index (χ2v) is 6.01. The van der Waals surface area contributed by atoms with E-state index in [9.17, 15) is 4.79 Å². The van der Waals surface area contributed by atoms with Crippen molar-refractivity contribution < 1.29 is 9.53 Å². The lowest BCUT2D eigenvalue weighted by atomic mass is 9.94. The van der Waals surface area contributed by atoms with Crippen molar-refractivity contribution in [2.75, 3.05) is 6.61 Å². The number of amides is 1. The van der Waals surface area contributed by atoms with Gasteiger partial charge in [-0.1, -0.05) is 60.1 Å². The maximum Gasteiger partial charge on any atom is 0.407 e. The van der Waals surface area contributed by atoms with Gasteiger partial charge in [0.25, 0.3) is 0 Å². The molecule has 0 radical (unpaired) electrons. The normalized spacial score (nSPS) is 13.0. The molecule has 0 aromatic heterocycles. The van der Waals surface area contributed by atoms with Gasteiger partial charge in [-0.3, -0.25) is 0 Å². The van der Waals surface area contributed by atoms with Crippen LogP contribution in [0.3, 0.4) is 0 Å². The first-order chi connectivity index (χ1) is 11.5. The first-order valence-corrected chi connectivity index (χ1v) is 8.07. The van der Waals surface area contributed by atoms with Gasteiger partial charge in [0.05, 0.1) is 12.1 Å². The van der Waals surface area contributed by atoms with E-state index >= 15 is 0 Å². The molecule has 0 saturated heterocycles. The number of carbonyl (C=O) groups excluding carboxylic acids is 1. The van der Waals surface area contributed by atoms with Crippen LogP contribution >= 0.6 is 23.2 Å². The molecule has 0 unspecified atom stereocenters. The SMILES string of the molecule is C=CCOC(=O)N[C@@H](c1ccc(Cl)cc1)[C@H](N)c1ccc(Cl)cc1. The summed E-state index contributed by atoms with van der Waals surface area (Å²) in [5.41, 5.74) is 8.02. The van der Waals surface area contributed by atoms with Gasteiger partial charge in [-0.25, -0.2) is 4.79 Å². The van der Waals surface area contributed by atoms with Crippen molar-refractivity contribution in [3.05, 3.63) is 82.4 Å². The van der Waals surface area contributed by atoms with Gasteiger partial charge in [0.15, 0.2) is 0 Å². The standard InChI is InChI=1S/C18H18Cl2N2O2/c1-2-11-24-18(23)22-17(13-5-9-15(20)10-6-13)16(21)12-3-7-14(19)8-4-12/h2-10,16-17H,1,11,21H2,(H,22,23)/t16-,17+/m1/s1. The highest BCUT2D eigenvalue weighted by Crippen LogP contribution is 2.28.